The molecule has 1 aliphatic rings. The van der Waals surface area contributed by atoms with E-state index < -0.39 is 23.7 Å². The molecule has 0 N–H and O–H groups in total. The van der Waals surface area contributed by atoms with Crippen LogP contribution in [0.3, 0.4) is 0 Å². The molecule has 0 spiro atoms. The summed E-state index contributed by atoms with van der Waals surface area (Å²) in [6, 6.07) is 14.1. The van der Waals surface area contributed by atoms with Crippen molar-refractivity contribution in [2.24, 2.45) is 0 Å². The summed E-state index contributed by atoms with van der Waals surface area (Å²) in [6.45, 7) is 1.86. The lowest BCUT2D eigenvalue weighted by Gasteiger charge is -2.35. The van der Waals surface area contributed by atoms with E-state index in [2.05, 4.69) is 0 Å². The SMILES string of the molecule is Cc1ccc([C@@H]2CC(=O)O[C@]2(c2ccccc2)C(F)(F)F)cc1. The first kappa shape index (κ1) is 15.6. The minimum atomic E-state index is -4.71. The van der Waals surface area contributed by atoms with E-state index in [1.807, 2.05) is 6.92 Å². The Bertz CT molecular complexity index is 707. The first-order chi connectivity index (χ1) is 10.8. The van der Waals surface area contributed by atoms with E-state index in [1.54, 1.807) is 30.3 Å². The summed E-state index contributed by atoms with van der Waals surface area (Å²) in [4.78, 5) is 11.8. The molecule has 1 fully saturated rings. The van der Waals surface area contributed by atoms with Crippen LogP contribution in [0.25, 0.3) is 0 Å². The first-order valence-corrected chi connectivity index (χ1v) is 7.25. The van der Waals surface area contributed by atoms with Crippen LogP contribution in [0.5, 0.6) is 0 Å². The Hall–Kier alpha value is -2.30. The van der Waals surface area contributed by atoms with Gasteiger partial charge in [0.2, 0.25) is 5.60 Å². The van der Waals surface area contributed by atoms with E-state index in [4.69, 9.17) is 4.74 Å². The summed E-state index contributed by atoms with van der Waals surface area (Å²) in [5, 5.41) is 0. The number of benzene rings is 2. The number of esters is 1. The van der Waals surface area contributed by atoms with Crippen LogP contribution in [-0.2, 0) is 15.1 Å². The van der Waals surface area contributed by atoms with Gasteiger partial charge in [-0.1, -0.05) is 60.2 Å². The highest BCUT2D eigenvalue weighted by Gasteiger charge is 2.67. The molecule has 2 nitrogen and oxygen atoms in total. The van der Waals surface area contributed by atoms with Crippen LogP contribution in [0.15, 0.2) is 54.6 Å². The number of hydrogen-bond acceptors (Lipinski definition) is 2. The minimum absolute atomic E-state index is 0.0519. The van der Waals surface area contributed by atoms with Gasteiger partial charge in [-0.25, -0.2) is 0 Å². The molecule has 3 rings (SSSR count). The van der Waals surface area contributed by atoms with Crippen molar-refractivity contribution in [3.63, 3.8) is 0 Å². The minimum Gasteiger partial charge on any atom is -0.444 e. The molecule has 1 saturated heterocycles. The summed E-state index contributed by atoms with van der Waals surface area (Å²) in [7, 11) is 0. The van der Waals surface area contributed by atoms with Gasteiger partial charge in [-0.2, -0.15) is 13.2 Å². The number of aryl methyl sites for hydroxylation is 1. The molecule has 120 valence electrons. The predicted octanol–water partition coefficient (Wildman–Crippen LogP) is 4.48. The fourth-order valence-electron chi connectivity index (χ4n) is 3.12. The summed E-state index contributed by atoms with van der Waals surface area (Å²) >= 11 is 0. The average molecular weight is 320 g/mol. The smallest absolute Gasteiger partial charge is 0.433 e. The number of ether oxygens (including phenoxy) is 1. The number of alkyl halides is 3. The number of hydrogen-bond donors (Lipinski definition) is 0. The lowest BCUT2D eigenvalue weighted by molar-refractivity contribution is -0.269. The van der Waals surface area contributed by atoms with Crippen molar-refractivity contribution in [2.75, 3.05) is 0 Å². The van der Waals surface area contributed by atoms with Gasteiger partial charge in [-0.05, 0) is 12.5 Å². The number of carbonyl (C=O) groups is 1. The summed E-state index contributed by atoms with van der Waals surface area (Å²) in [5.74, 6) is -1.94. The lowest BCUT2D eigenvalue weighted by atomic mass is 9.76. The van der Waals surface area contributed by atoms with Crippen molar-refractivity contribution in [3.05, 3.63) is 71.3 Å². The van der Waals surface area contributed by atoms with Crippen LogP contribution in [0.1, 0.15) is 29.0 Å². The molecule has 0 aliphatic carbocycles. The zero-order valence-corrected chi connectivity index (χ0v) is 12.4. The van der Waals surface area contributed by atoms with Gasteiger partial charge in [-0.15, -0.1) is 0 Å². The maximum Gasteiger partial charge on any atom is 0.433 e. The standard InChI is InChI=1S/C18H15F3O2/c1-12-7-9-13(10-8-12)15-11-16(22)23-17(15,18(19,20)21)14-5-3-2-4-6-14/h2-10,15H,11H2,1H3/t15-,17-/m0/s1. The fraction of sp³-hybridized carbons (Fsp3) is 0.278. The molecule has 1 heterocycles. The molecule has 0 saturated carbocycles. The van der Waals surface area contributed by atoms with Gasteiger partial charge in [0.15, 0.2) is 0 Å². The molecule has 0 unspecified atom stereocenters. The number of halogens is 3. The Labute approximate surface area is 131 Å². The zero-order chi connectivity index (χ0) is 16.7. The van der Waals surface area contributed by atoms with E-state index in [0.29, 0.717) is 5.56 Å². The monoisotopic (exact) mass is 320 g/mol. The van der Waals surface area contributed by atoms with Crippen molar-refractivity contribution in [1.29, 1.82) is 0 Å². The second-order valence-electron chi connectivity index (χ2n) is 5.74. The third-order valence-corrected chi connectivity index (χ3v) is 4.24. The second-order valence-corrected chi connectivity index (χ2v) is 5.74. The number of cyclic esters (lactones) is 1. The van der Waals surface area contributed by atoms with Crippen molar-refractivity contribution >= 4 is 5.97 Å². The van der Waals surface area contributed by atoms with Gasteiger partial charge in [0, 0.05) is 11.5 Å². The molecule has 2 aromatic carbocycles. The Morgan fingerprint density at radius 3 is 2.22 bits per heavy atom. The molecule has 2 aromatic rings. The van der Waals surface area contributed by atoms with Gasteiger partial charge in [0.1, 0.15) is 0 Å². The first-order valence-electron chi connectivity index (χ1n) is 7.25. The van der Waals surface area contributed by atoms with Crippen LogP contribution in [0.2, 0.25) is 0 Å². The topological polar surface area (TPSA) is 26.3 Å². The summed E-state index contributed by atoms with van der Waals surface area (Å²) in [5.41, 5.74) is -1.30. The molecule has 2 atom stereocenters. The maximum atomic E-state index is 14.0. The third-order valence-electron chi connectivity index (χ3n) is 4.24. The largest absolute Gasteiger partial charge is 0.444 e. The molecule has 0 radical (unpaired) electrons. The van der Waals surface area contributed by atoms with Crippen molar-refractivity contribution < 1.29 is 22.7 Å². The van der Waals surface area contributed by atoms with Crippen LogP contribution >= 0.6 is 0 Å². The van der Waals surface area contributed by atoms with Crippen LogP contribution < -0.4 is 0 Å². The molecular formula is C18H15F3O2. The normalized spacial score (nSPS) is 24.5. The quantitative estimate of drug-likeness (QED) is 0.763. The van der Waals surface area contributed by atoms with Gasteiger partial charge < -0.3 is 4.74 Å². The van der Waals surface area contributed by atoms with E-state index in [9.17, 15) is 18.0 Å². The fourth-order valence-corrected chi connectivity index (χ4v) is 3.12. The molecule has 0 amide bonds. The van der Waals surface area contributed by atoms with Crippen molar-refractivity contribution in [1.82, 2.24) is 0 Å². The molecule has 1 aliphatic heterocycles. The number of rotatable bonds is 2. The Balaban J connectivity index is 2.20. The van der Waals surface area contributed by atoms with E-state index in [0.717, 1.165) is 5.56 Å². The van der Waals surface area contributed by atoms with Gasteiger partial charge in [-0.3, -0.25) is 4.79 Å². The second kappa shape index (κ2) is 5.41. The molecular weight excluding hydrogens is 305 g/mol. The highest BCUT2D eigenvalue weighted by molar-refractivity contribution is 5.75. The van der Waals surface area contributed by atoms with Gasteiger partial charge in [0.25, 0.3) is 0 Å². The van der Waals surface area contributed by atoms with E-state index in [-0.39, 0.29) is 12.0 Å². The van der Waals surface area contributed by atoms with Crippen molar-refractivity contribution in [3.8, 4) is 0 Å². The maximum absolute atomic E-state index is 14.0. The van der Waals surface area contributed by atoms with E-state index >= 15 is 0 Å². The molecule has 0 aromatic heterocycles. The Morgan fingerprint density at radius 2 is 1.65 bits per heavy atom. The summed E-state index contributed by atoms with van der Waals surface area (Å²) < 4.78 is 47.0. The van der Waals surface area contributed by atoms with Crippen molar-refractivity contribution in [2.45, 2.75) is 31.0 Å². The predicted molar refractivity (Wildman–Crippen MR) is 78.8 cm³/mol. The molecule has 0 bridgehead atoms. The lowest BCUT2D eigenvalue weighted by Crippen LogP contribution is -2.46. The van der Waals surface area contributed by atoms with Gasteiger partial charge >= 0.3 is 12.1 Å². The van der Waals surface area contributed by atoms with Crippen LogP contribution in [0, 0.1) is 6.92 Å². The number of carbonyl (C=O) groups excluding carboxylic acids is 1. The average Bonchev–Trinajstić information content (AvgIpc) is 2.87. The molecule has 5 heteroatoms. The Kier molecular flexibility index (Phi) is 3.66. The van der Waals surface area contributed by atoms with E-state index in [1.165, 1.54) is 24.3 Å². The van der Waals surface area contributed by atoms with Crippen LogP contribution in [-0.4, -0.2) is 12.1 Å². The highest BCUT2D eigenvalue weighted by atomic mass is 19.4. The highest BCUT2D eigenvalue weighted by Crippen LogP contribution is 2.56. The third kappa shape index (κ3) is 2.50. The Morgan fingerprint density at radius 1 is 1.04 bits per heavy atom. The van der Waals surface area contributed by atoms with Crippen LogP contribution in [0.4, 0.5) is 13.2 Å². The van der Waals surface area contributed by atoms with Gasteiger partial charge in [0.05, 0.1) is 6.42 Å². The molecule has 23 heavy (non-hydrogen) atoms. The zero-order valence-electron chi connectivity index (χ0n) is 12.4. The summed E-state index contributed by atoms with van der Waals surface area (Å²) in [6.07, 6.45) is -5.01.